The van der Waals surface area contributed by atoms with Gasteiger partial charge in [0.05, 0.1) is 11.7 Å². The number of carbonyl (C=O) groups is 1. The van der Waals surface area contributed by atoms with Gasteiger partial charge in [-0.3, -0.25) is 5.32 Å². The average molecular weight is 366 g/mol. The summed E-state index contributed by atoms with van der Waals surface area (Å²) < 4.78 is 0. The lowest BCUT2D eigenvalue weighted by molar-refractivity contribution is 0.247. The third-order valence-corrected chi connectivity index (χ3v) is 4.78. The highest BCUT2D eigenvalue weighted by Crippen LogP contribution is 2.29. The second-order valence-electron chi connectivity index (χ2n) is 6.67. The number of nitrogens with zero attached hydrogens (tertiary/aromatic N) is 2. The molecule has 2 amide bonds. The number of hydrogen-bond donors (Lipinski definition) is 4. The molecule has 1 aliphatic rings. The molecule has 2 aromatic rings. The summed E-state index contributed by atoms with van der Waals surface area (Å²) in [7, 11) is 3.80. The standard InChI is InChI=1S/C20H26N6O/c1-22-18-15(13-21)12-17-24-19(18)26(2)11-7-6-10-16(23-20(27)25-17)14-8-4-3-5-9-14/h3-5,8-9,12-13,16,21-22H,6-7,10-11H2,1-2H3,(H2,23,24,25,27). The molecule has 0 aliphatic carbocycles. The van der Waals surface area contributed by atoms with Gasteiger partial charge in [-0.15, -0.1) is 0 Å². The number of pyridine rings is 1. The van der Waals surface area contributed by atoms with Crippen LogP contribution < -0.4 is 20.9 Å². The van der Waals surface area contributed by atoms with Crippen LogP contribution in [0.2, 0.25) is 0 Å². The Kier molecular flexibility index (Phi) is 5.90. The van der Waals surface area contributed by atoms with Gasteiger partial charge >= 0.3 is 6.03 Å². The molecule has 1 atom stereocenters. The van der Waals surface area contributed by atoms with Crippen LogP contribution in [0.25, 0.3) is 0 Å². The van der Waals surface area contributed by atoms with Crippen molar-refractivity contribution in [1.82, 2.24) is 10.3 Å². The second kappa shape index (κ2) is 8.53. The van der Waals surface area contributed by atoms with Crippen molar-refractivity contribution in [3.05, 3.63) is 47.5 Å². The summed E-state index contributed by atoms with van der Waals surface area (Å²) in [6.45, 7) is 0.845. The van der Waals surface area contributed by atoms with E-state index < -0.39 is 0 Å². The first-order chi connectivity index (χ1) is 13.1. The molecule has 1 aromatic carbocycles. The van der Waals surface area contributed by atoms with Gasteiger partial charge in [0.1, 0.15) is 5.82 Å². The van der Waals surface area contributed by atoms with Gasteiger partial charge in [-0.1, -0.05) is 30.3 Å². The summed E-state index contributed by atoms with van der Waals surface area (Å²) in [5.74, 6) is 1.16. The minimum absolute atomic E-state index is 0.0470. The molecule has 0 fully saturated rings. The molecule has 7 nitrogen and oxygen atoms in total. The fourth-order valence-corrected chi connectivity index (χ4v) is 3.38. The maximum atomic E-state index is 12.6. The number of nitrogens with one attached hydrogen (secondary N) is 4. The van der Waals surface area contributed by atoms with Gasteiger partial charge < -0.3 is 20.9 Å². The number of benzene rings is 1. The summed E-state index contributed by atoms with van der Waals surface area (Å²) in [5.41, 5.74) is 2.57. The van der Waals surface area contributed by atoms with Crippen LogP contribution in [0.3, 0.4) is 0 Å². The molecule has 1 aromatic heterocycles. The van der Waals surface area contributed by atoms with E-state index in [2.05, 4.69) is 25.8 Å². The van der Waals surface area contributed by atoms with Crippen LogP contribution in [0.5, 0.6) is 0 Å². The molecular formula is C20H26N6O. The van der Waals surface area contributed by atoms with Gasteiger partial charge in [-0.2, -0.15) is 0 Å². The van der Waals surface area contributed by atoms with Crippen LogP contribution in [0.15, 0.2) is 36.4 Å². The van der Waals surface area contributed by atoms with Gasteiger partial charge in [0.2, 0.25) is 0 Å². The van der Waals surface area contributed by atoms with Crippen LogP contribution in [-0.4, -0.2) is 37.9 Å². The lowest BCUT2D eigenvalue weighted by atomic mass is 10.0. The topological polar surface area (TPSA) is 93.1 Å². The van der Waals surface area contributed by atoms with Crippen LogP contribution in [-0.2, 0) is 0 Å². The molecule has 0 radical (unpaired) electrons. The van der Waals surface area contributed by atoms with Crippen LogP contribution in [0, 0.1) is 5.41 Å². The van der Waals surface area contributed by atoms with Crippen molar-refractivity contribution in [2.75, 3.05) is 36.2 Å². The van der Waals surface area contributed by atoms with E-state index in [1.807, 2.05) is 44.4 Å². The highest BCUT2D eigenvalue weighted by atomic mass is 16.2. The zero-order valence-electron chi connectivity index (χ0n) is 15.7. The molecule has 0 saturated carbocycles. The van der Waals surface area contributed by atoms with E-state index in [0.29, 0.717) is 11.4 Å². The Morgan fingerprint density at radius 3 is 2.78 bits per heavy atom. The molecule has 2 bridgehead atoms. The first-order valence-corrected chi connectivity index (χ1v) is 9.19. The van der Waals surface area contributed by atoms with E-state index >= 15 is 0 Å². The molecule has 2 heterocycles. The van der Waals surface area contributed by atoms with Gasteiger partial charge in [-0.05, 0) is 30.9 Å². The van der Waals surface area contributed by atoms with E-state index in [1.54, 1.807) is 6.07 Å². The van der Waals surface area contributed by atoms with Gasteiger partial charge in [-0.25, -0.2) is 9.78 Å². The van der Waals surface area contributed by atoms with Gasteiger partial charge in [0.25, 0.3) is 0 Å². The number of anilines is 3. The molecule has 0 saturated heterocycles. The highest BCUT2D eigenvalue weighted by molar-refractivity contribution is 5.95. The Morgan fingerprint density at radius 2 is 2.07 bits per heavy atom. The van der Waals surface area contributed by atoms with E-state index in [9.17, 15) is 4.79 Å². The van der Waals surface area contributed by atoms with Crippen molar-refractivity contribution < 1.29 is 4.79 Å². The summed E-state index contributed by atoms with van der Waals surface area (Å²) >= 11 is 0. The van der Waals surface area contributed by atoms with E-state index in [-0.39, 0.29) is 12.1 Å². The fourth-order valence-electron chi connectivity index (χ4n) is 3.38. The van der Waals surface area contributed by atoms with Gasteiger partial charge in [0.15, 0.2) is 5.82 Å². The number of rotatable bonds is 3. The normalized spacial score (nSPS) is 17.8. The average Bonchev–Trinajstić information content (AvgIpc) is 2.69. The van der Waals surface area contributed by atoms with E-state index in [1.165, 1.54) is 6.21 Å². The maximum absolute atomic E-state index is 12.6. The highest BCUT2D eigenvalue weighted by Gasteiger charge is 2.19. The monoisotopic (exact) mass is 366 g/mol. The SMILES string of the molecule is CNc1c(C=N)cc2nc1N(C)CCCCC(c1ccccc1)NC(=O)N2. The van der Waals surface area contributed by atoms with Crippen molar-refractivity contribution in [1.29, 1.82) is 5.41 Å². The predicted octanol–water partition coefficient (Wildman–Crippen LogP) is 3.60. The third kappa shape index (κ3) is 4.36. The molecule has 4 N–H and O–H groups in total. The van der Waals surface area contributed by atoms with Crippen molar-refractivity contribution in [3.8, 4) is 0 Å². The molecule has 0 spiro atoms. The first kappa shape index (κ1) is 18.7. The predicted molar refractivity (Wildman–Crippen MR) is 110 cm³/mol. The quantitative estimate of drug-likeness (QED) is 0.625. The molecular weight excluding hydrogens is 340 g/mol. The first-order valence-electron chi connectivity index (χ1n) is 9.19. The third-order valence-electron chi connectivity index (χ3n) is 4.78. The van der Waals surface area contributed by atoms with E-state index in [0.717, 1.165) is 42.9 Å². The van der Waals surface area contributed by atoms with Crippen molar-refractivity contribution in [2.45, 2.75) is 25.3 Å². The molecule has 1 unspecified atom stereocenters. The fraction of sp³-hybridized carbons (Fsp3) is 0.350. The number of carbonyl (C=O) groups excluding carboxylic acids is 1. The Bertz CT molecular complexity index is 808. The number of fused-ring (bicyclic) bond motifs is 2. The van der Waals surface area contributed by atoms with Crippen LogP contribution in [0.4, 0.5) is 22.1 Å². The van der Waals surface area contributed by atoms with E-state index in [4.69, 9.17) is 5.41 Å². The smallest absolute Gasteiger partial charge is 0.320 e. The van der Waals surface area contributed by atoms with Crippen LogP contribution in [0.1, 0.15) is 36.4 Å². The number of hydrogen-bond acceptors (Lipinski definition) is 5. The lowest BCUT2D eigenvalue weighted by Crippen LogP contribution is -2.34. The minimum Gasteiger partial charge on any atom is -0.385 e. The minimum atomic E-state index is -0.293. The Balaban J connectivity index is 1.93. The molecule has 1 aliphatic heterocycles. The molecule has 7 heteroatoms. The maximum Gasteiger partial charge on any atom is 0.320 e. The largest absolute Gasteiger partial charge is 0.385 e. The number of aromatic nitrogens is 1. The summed E-state index contributed by atoms with van der Waals surface area (Å²) in [6, 6.07) is 11.4. The van der Waals surface area contributed by atoms with Crippen molar-refractivity contribution in [2.24, 2.45) is 0 Å². The zero-order valence-corrected chi connectivity index (χ0v) is 15.7. The summed E-state index contributed by atoms with van der Waals surface area (Å²) in [4.78, 5) is 19.2. The number of amides is 2. The van der Waals surface area contributed by atoms with Crippen LogP contribution >= 0.6 is 0 Å². The zero-order chi connectivity index (χ0) is 19.2. The summed E-state index contributed by atoms with van der Waals surface area (Å²) in [6.07, 6.45) is 4.11. The Morgan fingerprint density at radius 1 is 1.30 bits per heavy atom. The Labute approximate surface area is 159 Å². The molecule has 142 valence electrons. The number of urea groups is 1. The Hall–Kier alpha value is -3.09. The van der Waals surface area contributed by atoms with Crippen molar-refractivity contribution >= 4 is 29.6 Å². The second-order valence-corrected chi connectivity index (χ2v) is 6.67. The molecule has 3 rings (SSSR count). The molecule has 27 heavy (non-hydrogen) atoms. The summed E-state index contributed by atoms with van der Waals surface area (Å²) in [5, 5.41) is 16.7. The van der Waals surface area contributed by atoms with Gasteiger partial charge in [0, 0.05) is 32.4 Å². The lowest BCUT2D eigenvalue weighted by Gasteiger charge is -2.25. The van der Waals surface area contributed by atoms with Crippen molar-refractivity contribution in [3.63, 3.8) is 0 Å².